The molecule has 0 spiro atoms. The molecule has 3 aromatic rings. The lowest BCUT2D eigenvalue weighted by molar-refractivity contribution is -0.0625. The Morgan fingerprint density at radius 2 is 1.31 bits per heavy atom. The van der Waals surface area contributed by atoms with Crippen LogP contribution in [0.2, 0.25) is 0 Å². The fraction of sp³-hybridized carbons (Fsp3) is 0.130. The van der Waals surface area contributed by atoms with Crippen molar-refractivity contribution < 1.29 is 9.84 Å². The van der Waals surface area contributed by atoms with Crippen molar-refractivity contribution in [1.82, 2.24) is 0 Å². The van der Waals surface area contributed by atoms with Crippen LogP contribution in [-0.2, 0) is 11.2 Å². The molecule has 1 N–H and O–H groups in total. The summed E-state index contributed by atoms with van der Waals surface area (Å²) < 4.78 is 5.24. The fourth-order valence-corrected chi connectivity index (χ4v) is 2.78. The normalized spacial score (nSPS) is 11.7. The van der Waals surface area contributed by atoms with Crippen LogP contribution in [0.25, 0.3) is 0 Å². The Morgan fingerprint density at radius 3 is 1.81 bits per heavy atom. The summed E-state index contributed by atoms with van der Waals surface area (Å²) in [5.41, 5.74) is 4.48. The highest BCUT2D eigenvalue weighted by Gasteiger charge is 2.11. The van der Waals surface area contributed by atoms with Gasteiger partial charge in [0.2, 0.25) is 0 Å². The van der Waals surface area contributed by atoms with Crippen LogP contribution in [0, 0.1) is 0 Å². The van der Waals surface area contributed by atoms with Gasteiger partial charge < -0.3 is 14.7 Å². The molecule has 0 aliphatic rings. The number of rotatable bonds is 8. The number of hydrogen-bond donors (Lipinski definition) is 1. The van der Waals surface area contributed by atoms with Gasteiger partial charge in [0.1, 0.15) is 0 Å². The van der Waals surface area contributed by atoms with Gasteiger partial charge >= 0.3 is 0 Å². The average Bonchev–Trinajstić information content (AvgIpc) is 2.71. The third-order valence-corrected chi connectivity index (χ3v) is 4.10. The van der Waals surface area contributed by atoms with Crippen molar-refractivity contribution >= 4 is 17.1 Å². The maximum absolute atomic E-state index is 9.36. The highest BCUT2D eigenvalue weighted by atomic mass is 16.6. The van der Waals surface area contributed by atoms with Crippen molar-refractivity contribution in [3.8, 4) is 0 Å². The molecule has 0 heterocycles. The number of para-hydroxylation sites is 2. The van der Waals surface area contributed by atoms with E-state index in [0.29, 0.717) is 6.61 Å². The van der Waals surface area contributed by atoms with Gasteiger partial charge in [-0.05, 0) is 54.5 Å². The van der Waals surface area contributed by atoms with E-state index in [1.54, 1.807) is 0 Å². The zero-order valence-electron chi connectivity index (χ0n) is 14.7. The topological polar surface area (TPSA) is 32.7 Å². The van der Waals surface area contributed by atoms with Crippen molar-refractivity contribution in [2.45, 2.75) is 12.7 Å². The van der Waals surface area contributed by atoms with E-state index in [4.69, 9.17) is 4.74 Å². The number of aliphatic hydroxyl groups excluding tert-OH is 1. The molecular formula is C23H23NO2. The monoisotopic (exact) mass is 345 g/mol. The van der Waals surface area contributed by atoms with Gasteiger partial charge in [0.15, 0.2) is 6.29 Å². The summed E-state index contributed by atoms with van der Waals surface area (Å²) in [4.78, 5) is 2.22. The van der Waals surface area contributed by atoms with Crippen molar-refractivity contribution in [1.29, 1.82) is 0 Å². The molecule has 132 valence electrons. The second-order valence-electron chi connectivity index (χ2n) is 5.92. The summed E-state index contributed by atoms with van der Waals surface area (Å²) in [6.45, 7) is 3.95. The number of hydrogen-bond acceptors (Lipinski definition) is 3. The van der Waals surface area contributed by atoms with E-state index < -0.39 is 6.29 Å². The van der Waals surface area contributed by atoms with Gasteiger partial charge in [-0.2, -0.15) is 0 Å². The second-order valence-corrected chi connectivity index (χ2v) is 5.92. The standard InChI is InChI=1S/C23H23NO2/c1-2-23(25)26-18-17-19-13-15-22(16-14-19)24(20-9-5-3-6-10-20)21-11-7-4-8-12-21/h2-16,23,25H,1,17-18H2. The van der Waals surface area contributed by atoms with Crippen LogP contribution in [0.3, 0.4) is 0 Å². The summed E-state index contributed by atoms with van der Waals surface area (Å²) >= 11 is 0. The van der Waals surface area contributed by atoms with E-state index in [2.05, 4.69) is 60.0 Å². The molecule has 0 fully saturated rings. The molecule has 1 unspecified atom stereocenters. The Kier molecular flexibility index (Phi) is 6.20. The SMILES string of the molecule is C=CC(O)OCCc1ccc(N(c2ccccc2)c2ccccc2)cc1. The van der Waals surface area contributed by atoms with Gasteiger partial charge in [-0.1, -0.05) is 55.1 Å². The van der Waals surface area contributed by atoms with Crippen molar-refractivity contribution in [3.05, 3.63) is 103 Å². The predicted molar refractivity (Wildman–Crippen MR) is 107 cm³/mol. The van der Waals surface area contributed by atoms with E-state index in [1.807, 2.05) is 36.4 Å². The first-order valence-corrected chi connectivity index (χ1v) is 8.69. The molecule has 0 aromatic heterocycles. The van der Waals surface area contributed by atoms with E-state index in [9.17, 15) is 5.11 Å². The lowest BCUT2D eigenvalue weighted by Crippen LogP contribution is -2.11. The first-order valence-electron chi connectivity index (χ1n) is 8.69. The van der Waals surface area contributed by atoms with E-state index >= 15 is 0 Å². The highest BCUT2D eigenvalue weighted by molar-refractivity contribution is 5.76. The summed E-state index contributed by atoms with van der Waals surface area (Å²) in [7, 11) is 0. The summed E-state index contributed by atoms with van der Waals surface area (Å²) in [6.07, 6.45) is 1.21. The molecule has 3 nitrogen and oxygen atoms in total. The zero-order chi connectivity index (χ0) is 18.2. The number of aliphatic hydroxyl groups is 1. The Morgan fingerprint density at radius 1 is 0.808 bits per heavy atom. The molecule has 0 aliphatic carbocycles. The minimum absolute atomic E-state index is 0.452. The van der Waals surface area contributed by atoms with Gasteiger partial charge in [0.25, 0.3) is 0 Å². The maximum atomic E-state index is 9.36. The predicted octanol–water partition coefficient (Wildman–Crippen LogP) is 5.22. The smallest absolute Gasteiger partial charge is 0.173 e. The largest absolute Gasteiger partial charge is 0.365 e. The summed E-state index contributed by atoms with van der Waals surface area (Å²) in [5.74, 6) is 0. The molecule has 0 aliphatic heterocycles. The zero-order valence-corrected chi connectivity index (χ0v) is 14.7. The Labute approximate surface area is 154 Å². The molecule has 0 bridgehead atoms. The maximum Gasteiger partial charge on any atom is 0.173 e. The van der Waals surface area contributed by atoms with Gasteiger partial charge in [0, 0.05) is 17.1 Å². The Bertz CT molecular complexity index is 761. The van der Waals surface area contributed by atoms with Crippen LogP contribution < -0.4 is 4.90 Å². The first kappa shape index (κ1) is 17.9. The molecule has 0 saturated heterocycles. The average molecular weight is 345 g/mol. The van der Waals surface area contributed by atoms with Crippen LogP contribution in [-0.4, -0.2) is 18.0 Å². The van der Waals surface area contributed by atoms with Crippen molar-refractivity contribution in [2.75, 3.05) is 11.5 Å². The van der Waals surface area contributed by atoms with Crippen LogP contribution in [0.5, 0.6) is 0 Å². The number of nitrogens with zero attached hydrogens (tertiary/aromatic N) is 1. The van der Waals surface area contributed by atoms with Crippen LogP contribution in [0.1, 0.15) is 5.56 Å². The minimum Gasteiger partial charge on any atom is -0.365 e. The summed E-state index contributed by atoms with van der Waals surface area (Å²) in [6, 6.07) is 29.0. The molecule has 0 amide bonds. The molecular weight excluding hydrogens is 322 g/mol. The van der Waals surface area contributed by atoms with Gasteiger partial charge in [-0.25, -0.2) is 0 Å². The molecule has 0 saturated carbocycles. The van der Waals surface area contributed by atoms with Crippen molar-refractivity contribution in [3.63, 3.8) is 0 Å². The van der Waals surface area contributed by atoms with Crippen molar-refractivity contribution in [2.24, 2.45) is 0 Å². The third kappa shape index (κ3) is 4.60. The van der Waals surface area contributed by atoms with Gasteiger partial charge in [0.05, 0.1) is 6.61 Å². The summed E-state index contributed by atoms with van der Waals surface area (Å²) in [5, 5.41) is 9.36. The molecule has 3 rings (SSSR count). The molecule has 3 aromatic carbocycles. The van der Waals surface area contributed by atoms with E-state index in [0.717, 1.165) is 29.0 Å². The first-order chi connectivity index (χ1) is 12.8. The lowest BCUT2D eigenvalue weighted by atomic mass is 10.1. The molecule has 3 heteroatoms. The fourth-order valence-electron chi connectivity index (χ4n) is 2.78. The Balaban J connectivity index is 1.80. The highest BCUT2D eigenvalue weighted by Crippen LogP contribution is 2.33. The van der Waals surface area contributed by atoms with Crippen LogP contribution in [0.15, 0.2) is 97.6 Å². The third-order valence-electron chi connectivity index (χ3n) is 4.10. The van der Waals surface area contributed by atoms with E-state index in [1.165, 1.54) is 6.08 Å². The van der Waals surface area contributed by atoms with Crippen LogP contribution >= 0.6 is 0 Å². The quantitative estimate of drug-likeness (QED) is 0.449. The minimum atomic E-state index is -0.902. The molecule has 0 radical (unpaired) electrons. The number of anilines is 3. The molecule has 1 atom stereocenters. The van der Waals surface area contributed by atoms with E-state index in [-0.39, 0.29) is 0 Å². The Hall–Kier alpha value is -2.88. The van der Waals surface area contributed by atoms with Gasteiger partial charge in [-0.3, -0.25) is 0 Å². The number of ether oxygens (including phenoxy) is 1. The lowest BCUT2D eigenvalue weighted by Gasteiger charge is -2.25. The number of benzene rings is 3. The van der Waals surface area contributed by atoms with Gasteiger partial charge in [-0.15, -0.1) is 0 Å². The molecule has 26 heavy (non-hydrogen) atoms. The van der Waals surface area contributed by atoms with Crippen LogP contribution in [0.4, 0.5) is 17.1 Å². The second kappa shape index (κ2) is 8.99.